The number of benzene rings is 1. The Morgan fingerprint density at radius 2 is 2.00 bits per heavy atom. The molecule has 21 heavy (non-hydrogen) atoms. The van der Waals surface area contributed by atoms with Crippen molar-refractivity contribution in [2.24, 2.45) is 4.99 Å². The second kappa shape index (κ2) is 9.23. The van der Waals surface area contributed by atoms with Crippen molar-refractivity contribution in [2.75, 3.05) is 7.05 Å². The van der Waals surface area contributed by atoms with Crippen molar-refractivity contribution in [1.29, 1.82) is 0 Å². The van der Waals surface area contributed by atoms with E-state index in [9.17, 15) is 4.39 Å². The van der Waals surface area contributed by atoms with E-state index < -0.39 is 0 Å². The number of aryl methyl sites for hydroxylation is 1. The highest BCUT2D eigenvalue weighted by Gasteiger charge is 2.14. The van der Waals surface area contributed by atoms with E-state index in [4.69, 9.17) is 0 Å². The summed E-state index contributed by atoms with van der Waals surface area (Å²) in [5.74, 6) is 0.678. The summed E-state index contributed by atoms with van der Waals surface area (Å²) in [4.78, 5) is 4.26. The number of nitrogens with one attached hydrogen (secondary N) is 2. The second-order valence-electron chi connectivity index (χ2n) is 5.49. The van der Waals surface area contributed by atoms with Gasteiger partial charge < -0.3 is 10.6 Å². The summed E-state index contributed by atoms with van der Waals surface area (Å²) in [6.07, 6.45) is 6.38. The van der Waals surface area contributed by atoms with Gasteiger partial charge in [0.15, 0.2) is 5.96 Å². The zero-order valence-electron chi connectivity index (χ0n) is 12.8. The van der Waals surface area contributed by atoms with E-state index in [1.54, 1.807) is 14.0 Å². The number of nitrogens with zero attached hydrogens (tertiary/aromatic N) is 1. The Labute approximate surface area is 143 Å². The lowest BCUT2D eigenvalue weighted by atomic mass is 9.96. The average Bonchev–Trinajstić information content (AvgIpc) is 2.48. The van der Waals surface area contributed by atoms with E-state index in [0.29, 0.717) is 18.2 Å². The van der Waals surface area contributed by atoms with Gasteiger partial charge in [0, 0.05) is 19.6 Å². The predicted molar refractivity (Wildman–Crippen MR) is 96.8 cm³/mol. The van der Waals surface area contributed by atoms with Crippen LogP contribution in [0.3, 0.4) is 0 Å². The van der Waals surface area contributed by atoms with Crippen LogP contribution in [0.2, 0.25) is 0 Å². The van der Waals surface area contributed by atoms with Gasteiger partial charge in [0.1, 0.15) is 5.82 Å². The van der Waals surface area contributed by atoms with E-state index in [1.165, 1.54) is 38.2 Å². The molecule has 1 aliphatic carbocycles. The minimum Gasteiger partial charge on any atom is -0.354 e. The Morgan fingerprint density at radius 1 is 1.29 bits per heavy atom. The summed E-state index contributed by atoms with van der Waals surface area (Å²) >= 11 is 0. The van der Waals surface area contributed by atoms with Crippen LogP contribution in [0.5, 0.6) is 0 Å². The van der Waals surface area contributed by atoms with E-state index in [2.05, 4.69) is 15.6 Å². The lowest BCUT2D eigenvalue weighted by Crippen LogP contribution is -2.43. The van der Waals surface area contributed by atoms with Crippen molar-refractivity contribution in [2.45, 2.75) is 51.6 Å². The third-order valence-electron chi connectivity index (χ3n) is 3.85. The van der Waals surface area contributed by atoms with Gasteiger partial charge in [0.2, 0.25) is 0 Å². The number of rotatable bonds is 3. The Morgan fingerprint density at radius 3 is 2.62 bits per heavy atom. The maximum absolute atomic E-state index is 13.2. The summed E-state index contributed by atoms with van der Waals surface area (Å²) in [5, 5.41) is 6.76. The van der Waals surface area contributed by atoms with Crippen molar-refractivity contribution >= 4 is 29.9 Å². The van der Waals surface area contributed by atoms with E-state index in [0.717, 1.165) is 11.5 Å². The van der Waals surface area contributed by atoms with Crippen LogP contribution in [0.4, 0.5) is 4.39 Å². The fraction of sp³-hybridized carbons (Fsp3) is 0.562. The first-order valence-corrected chi connectivity index (χ1v) is 7.41. The number of hydrogen-bond acceptors (Lipinski definition) is 1. The number of aliphatic imine (C=N–C) groups is 1. The predicted octanol–water partition coefficient (Wildman–Crippen LogP) is 3.75. The summed E-state index contributed by atoms with van der Waals surface area (Å²) in [7, 11) is 1.79. The van der Waals surface area contributed by atoms with Crippen molar-refractivity contribution in [3.63, 3.8) is 0 Å². The number of guanidine groups is 1. The molecule has 0 spiro atoms. The summed E-state index contributed by atoms with van der Waals surface area (Å²) < 4.78 is 13.2. The summed E-state index contributed by atoms with van der Waals surface area (Å²) in [6, 6.07) is 5.73. The maximum atomic E-state index is 13.2. The van der Waals surface area contributed by atoms with Crippen LogP contribution in [-0.2, 0) is 6.54 Å². The lowest BCUT2D eigenvalue weighted by Gasteiger charge is -2.24. The minimum absolute atomic E-state index is 0. The molecule has 3 nitrogen and oxygen atoms in total. The summed E-state index contributed by atoms with van der Waals surface area (Å²) in [5.41, 5.74) is 1.75. The molecule has 0 amide bonds. The molecule has 0 heterocycles. The molecule has 2 rings (SSSR count). The molecule has 5 heteroatoms. The Kier molecular flexibility index (Phi) is 8.00. The quantitative estimate of drug-likeness (QED) is 0.457. The largest absolute Gasteiger partial charge is 0.354 e. The van der Waals surface area contributed by atoms with E-state index >= 15 is 0 Å². The molecule has 0 aliphatic heterocycles. The highest BCUT2D eigenvalue weighted by molar-refractivity contribution is 14.0. The third kappa shape index (κ3) is 5.80. The van der Waals surface area contributed by atoms with Gasteiger partial charge in [0.05, 0.1) is 0 Å². The molecular formula is C16H25FIN3. The molecule has 0 radical (unpaired) electrons. The average molecular weight is 405 g/mol. The van der Waals surface area contributed by atoms with Crippen molar-refractivity contribution in [1.82, 2.24) is 10.6 Å². The van der Waals surface area contributed by atoms with Gasteiger partial charge in [-0.15, -0.1) is 24.0 Å². The minimum atomic E-state index is -0.154. The summed E-state index contributed by atoms with van der Waals surface area (Å²) in [6.45, 7) is 2.45. The van der Waals surface area contributed by atoms with Crippen LogP contribution in [0.15, 0.2) is 23.2 Å². The first-order valence-electron chi connectivity index (χ1n) is 7.41. The molecule has 0 aromatic heterocycles. The van der Waals surface area contributed by atoms with E-state index in [-0.39, 0.29) is 29.8 Å². The zero-order valence-corrected chi connectivity index (χ0v) is 15.1. The monoisotopic (exact) mass is 405 g/mol. The van der Waals surface area contributed by atoms with Crippen LogP contribution in [-0.4, -0.2) is 19.0 Å². The molecular weight excluding hydrogens is 380 g/mol. The highest BCUT2D eigenvalue weighted by Crippen LogP contribution is 2.17. The van der Waals surface area contributed by atoms with Gasteiger partial charge in [-0.3, -0.25) is 4.99 Å². The molecule has 1 aliphatic rings. The Hall–Kier alpha value is -0.850. The number of halogens is 2. The van der Waals surface area contributed by atoms with Crippen LogP contribution >= 0.6 is 24.0 Å². The Bertz CT molecular complexity index is 471. The molecule has 0 unspecified atom stereocenters. The smallest absolute Gasteiger partial charge is 0.191 e. The van der Waals surface area contributed by atoms with Gasteiger partial charge in [-0.25, -0.2) is 4.39 Å². The maximum Gasteiger partial charge on any atom is 0.191 e. The van der Waals surface area contributed by atoms with Gasteiger partial charge in [-0.2, -0.15) is 0 Å². The molecule has 0 atom stereocenters. The molecule has 1 aromatic rings. The SMILES string of the molecule is CN=C(NCc1ccc(F)c(C)c1)NC1CCCCC1.I. The van der Waals surface area contributed by atoms with E-state index in [1.807, 2.05) is 12.1 Å². The topological polar surface area (TPSA) is 36.4 Å². The first-order chi connectivity index (χ1) is 9.69. The highest BCUT2D eigenvalue weighted by atomic mass is 127. The molecule has 0 saturated heterocycles. The molecule has 1 saturated carbocycles. The van der Waals surface area contributed by atoms with Crippen molar-refractivity contribution in [3.05, 3.63) is 35.1 Å². The molecule has 1 aromatic carbocycles. The molecule has 0 bridgehead atoms. The molecule has 118 valence electrons. The van der Waals surface area contributed by atoms with Crippen molar-refractivity contribution < 1.29 is 4.39 Å². The van der Waals surface area contributed by atoms with Crippen LogP contribution in [0, 0.1) is 12.7 Å². The fourth-order valence-electron chi connectivity index (χ4n) is 2.64. The fourth-order valence-corrected chi connectivity index (χ4v) is 2.64. The first kappa shape index (κ1) is 18.2. The van der Waals surface area contributed by atoms with Crippen molar-refractivity contribution in [3.8, 4) is 0 Å². The lowest BCUT2D eigenvalue weighted by molar-refractivity contribution is 0.410. The number of hydrogen-bond donors (Lipinski definition) is 2. The second-order valence-corrected chi connectivity index (χ2v) is 5.49. The van der Waals surface area contributed by atoms with Crippen LogP contribution in [0.1, 0.15) is 43.2 Å². The Balaban J connectivity index is 0.00000220. The molecule has 2 N–H and O–H groups in total. The van der Waals surface area contributed by atoms with Gasteiger partial charge in [-0.1, -0.05) is 31.4 Å². The van der Waals surface area contributed by atoms with Gasteiger partial charge >= 0.3 is 0 Å². The molecule has 1 fully saturated rings. The van der Waals surface area contributed by atoms with Crippen LogP contribution in [0.25, 0.3) is 0 Å². The standard InChI is InChI=1S/C16H24FN3.HI/c1-12-10-13(8-9-15(12)17)11-19-16(18-2)20-14-6-4-3-5-7-14;/h8-10,14H,3-7,11H2,1-2H3,(H2,18,19,20);1H. The normalized spacial score (nSPS) is 16.2. The van der Waals surface area contributed by atoms with Gasteiger partial charge in [-0.05, 0) is 37.0 Å². The third-order valence-corrected chi connectivity index (χ3v) is 3.85. The van der Waals surface area contributed by atoms with Crippen LogP contribution < -0.4 is 10.6 Å². The van der Waals surface area contributed by atoms with Gasteiger partial charge in [0.25, 0.3) is 0 Å². The zero-order chi connectivity index (χ0) is 14.4.